The maximum Gasteiger partial charge on any atom is 0.250 e. The van der Waals surface area contributed by atoms with Gasteiger partial charge in [-0.2, -0.15) is 4.98 Å². The molecule has 2 saturated heterocycles. The molecule has 3 aliphatic heterocycles. The lowest BCUT2D eigenvalue weighted by molar-refractivity contribution is -0.117. The van der Waals surface area contributed by atoms with Crippen molar-refractivity contribution in [3.63, 3.8) is 0 Å². The summed E-state index contributed by atoms with van der Waals surface area (Å²) in [5, 5.41) is 3.38. The molecule has 8 nitrogen and oxygen atoms in total. The van der Waals surface area contributed by atoms with E-state index in [1.165, 1.54) is 0 Å². The number of nitrogens with zero attached hydrogens (tertiary/aromatic N) is 3. The molecule has 9 heteroatoms. The van der Waals surface area contributed by atoms with Crippen molar-refractivity contribution in [2.24, 2.45) is 0 Å². The largest absolute Gasteiger partial charge is 0.476 e. The molecule has 0 bridgehead atoms. The number of carbonyl (C=O) groups excluding carboxylic acids is 1. The Morgan fingerprint density at radius 3 is 3.21 bits per heavy atom. The van der Waals surface area contributed by atoms with Gasteiger partial charge in [0.05, 0.1) is 21.8 Å². The first-order chi connectivity index (χ1) is 14.3. The molecule has 3 atom stereocenters. The summed E-state index contributed by atoms with van der Waals surface area (Å²) in [5.74, 6) is 1.70. The maximum absolute atomic E-state index is 13.0. The van der Waals surface area contributed by atoms with Crippen molar-refractivity contribution in [1.29, 1.82) is 0 Å². The van der Waals surface area contributed by atoms with Crippen molar-refractivity contribution in [3.05, 3.63) is 41.4 Å². The van der Waals surface area contributed by atoms with Crippen LogP contribution in [0.5, 0.6) is 5.88 Å². The summed E-state index contributed by atoms with van der Waals surface area (Å²) in [4.78, 5) is 23.8. The zero-order chi connectivity index (χ0) is 19.4. The summed E-state index contributed by atoms with van der Waals surface area (Å²) in [6.07, 6.45) is 0.734. The van der Waals surface area contributed by atoms with E-state index in [0.717, 1.165) is 34.4 Å². The number of amides is 1. The van der Waals surface area contributed by atoms with Gasteiger partial charge < -0.3 is 10.1 Å². The topological polar surface area (TPSA) is 91.4 Å². The quantitative estimate of drug-likeness (QED) is 0.609. The molecule has 0 radical (unpaired) electrons. The molecule has 3 N–H and O–H groups in total. The van der Waals surface area contributed by atoms with Gasteiger partial charge in [0, 0.05) is 30.3 Å². The summed E-state index contributed by atoms with van der Waals surface area (Å²) >= 11 is 1.60. The van der Waals surface area contributed by atoms with E-state index in [-0.39, 0.29) is 18.0 Å². The Morgan fingerprint density at radius 1 is 1.28 bits per heavy atom. The zero-order valence-electron chi connectivity index (χ0n) is 15.6. The van der Waals surface area contributed by atoms with Gasteiger partial charge in [-0.3, -0.25) is 20.5 Å². The third-order valence-corrected chi connectivity index (χ3v) is 6.72. The van der Waals surface area contributed by atoms with Gasteiger partial charge in [0.15, 0.2) is 0 Å². The second-order valence-electron chi connectivity index (χ2n) is 7.62. The minimum Gasteiger partial charge on any atom is -0.476 e. The molecule has 6 rings (SSSR count). The number of ether oxygens (including phenoxy) is 1. The Hall–Kier alpha value is -2.75. The first kappa shape index (κ1) is 17.1. The Balaban J connectivity index is 1.21. The first-order valence-corrected chi connectivity index (χ1v) is 10.7. The number of rotatable bonds is 3. The van der Waals surface area contributed by atoms with Crippen LogP contribution in [0.2, 0.25) is 0 Å². The molecule has 3 aromatic rings. The molecule has 1 aromatic carbocycles. The first-order valence-electron chi connectivity index (χ1n) is 9.79. The van der Waals surface area contributed by atoms with Crippen molar-refractivity contribution in [3.8, 4) is 5.88 Å². The fourth-order valence-corrected chi connectivity index (χ4v) is 5.09. The molecule has 2 aromatic heterocycles. The number of nitrogens with one attached hydrogen (secondary N) is 3. The van der Waals surface area contributed by atoms with Gasteiger partial charge >= 0.3 is 0 Å². The summed E-state index contributed by atoms with van der Waals surface area (Å²) in [7, 11) is 0. The van der Waals surface area contributed by atoms with Crippen molar-refractivity contribution < 1.29 is 9.53 Å². The minimum absolute atomic E-state index is 0.0414. The third kappa shape index (κ3) is 2.85. The van der Waals surface area contributed by atoms with E-state index in [9.17, 15) is 4.79 Å². The van der Waals surface area contributed by atoms with Crippen molar-refractivity contribution in [2.75, 3.05) is 29.9 Å². The van der Waals surface area contributed by atoms with Gasteiger partial charge in [0.1, 0.15) is 18.5 Å². The van der Waals surface area contributed by atoms with Crippen LogP contribution < -0.4 is 25.8 Å². The molecular formula is C20H20N6O2S. The minimum atomic E-state index is -0.258. The molecule has 29 heavy (non-hydrogen) atoms. The van der Waals surface area contributed by atoms with Crippen LogP contribution in [0.25, 0.3) is 10.2 Å². The smallest absolute Gasteiger partial charge is 0.250 e. The van der Waals surface area contributed by atoms with E-state index in [4.69, 9.17) is 4.74 Å². The number of aromatic nitrogens is 2. The van der Waals surface area contributed by atoms with E-state index in [1.807, 2.05) is 29.8 Å². The number of fused-ring (bicyclic) bond motifs is 4. The number of pyridine rings is 1. The van der Waals surface area contributed by atoms with E-state index >= 15 is 0 Å². The summed E-state index contributed by atoms with van der Waals surface area (Å²) in [6, 6.07) is 10.0. The Bertz CT molecular complexity index is 1100. The lowest BCUT2D eigenvalue weighted by Crippen LogP contribution is -2.39. The number of carbonyl (C=O) groups is 1. The normalized spacial score (nSPS) is 25.7. The average Bonchev–Trinajstić information content (AvgIpc) is 3.48. The molecule has 3 aliphatic rings. The van der Waals surface area contributed by atoms with Crippen molar-refractivity contribution in [1.82, 2.24) is 20.8 Å². The van der Waals surface area contributed by atoms with Crippen LogP contribution in [0.15, 0.2) is 35.8 Å². The molecule has 0 spiro atoms. The SMILES string of the molecule is O=C1C(Nc2ccc3ncsc3c2)CCN1c1ccc2c(n1)OCC1NNCC21. The molecule has 3 unspecified atom stereocenters. The molecule has 148 valence electrons. The molecule has 1 amide bonds. The third-order valence-electron chi connectivity index (χ3n) is 5.92. The predicted molar refractivity (Wildman–Crippen MR) is 111 cm³/mol. The maximum atomic E-state index is 13.0. The lowest BCUT2D eigenvalue weighted by atomic mass is 9.92. The van der Waals surface area contributed by atoms with Crippen LogP contribution in [0.4, 0.5) is 11.5 Å². The zero-order valence-corrected chi connectivity index (χ0v) is 16.4. The summed E-state index contributed by atoms with van der Waals surface area (Å²) in [6.45, 7) is 2.08. The van der Waals surface area contributed by atoms with E-state index < -0.39 is 0 Å². The number of hydrazine groups is 1. The van der Waals surface area contributed by atoms with Gasteiger partial charge in [0.25, 0.3) is 5.91 Å². The van der Waals surface area contributed by atoms with Gasteiger partial charge in [-0.05, 0) is 36.8 Å². The molecule has 2 fully saturated rings. The fourth-order valence-electron chi connectivity index (χ4n) is 4.37. The average molecular weight is 408 g/mol. The van der Waals surface area contributed by atoms with E-state index in [2.05, 4.69) is 32.2 Å². The number of benzene rings is 1. The fraction of sp³-hybridized carbons (Fsp3) is 0.350. The number of hydrogen-bond donors (Lipinski definition) is 3. The molecule has 0 saturated carbocycles. The lowest BCUT2D eigenvalue weighted by Gasteiger charge is -2.27. The number of thiazole rings is 1. The van der Waals surface area contributed by atoms with Gasteiger partial charge in [-0.15, -0.1) is 11.3 Å². The van der Waals surface area contributed by atoms with Crippen LogP contribution in [-0.4, -0.2) is 47.7 Å². The molecule has 0 aliphatic carbocycles. The predicted octanol–water partition coefficient (Wildman–Crippen LogP) is 1.86. The monoisotopic (exact) mass is 408 g/mol. The van der Waals surface area contributed by atoms with Crippen LogP contribution in [0.3, 0.4) is 0 Å². The van der Waals surface area contributed by atoms with E-state index in [1.54, 1.807) is 16.2 Å². The van der Waals surface area contributed by atoms with Crippen LogP contribution in [-0.2, 0) is 4.79 Å². The number of hydrogen-bond acceptors (Lipinski definition) is 8. The van der Waals surface area contributed by atoms with Crippen LogP contribution >= 0.6 is 11.3 Å². The highest BCUT2D eigenvalue weighted by Crippen LogP contribution is 2.36. The Kier molecular flexibility index (Phi) is 3.93. The second kappa shape index (κ2) is 6.65. The highest BCUT2D eigenvalue weighted by Gasteiger charge is 2.37. The second-order valence-corrected chi connectivity index (χ2v) is 8.51. The van der Waals surface area contributed by atoms with Gasteiger partial charge in [0.2, 0.25) is 5.88 Å². The number of anilines is 2. The van der Waals surface area contributed by atoms with Crippen LogP contribution in [0.1, 0.15) is 17.9 Å². The van der Waals surface area contributed by atoms with Crippen LogP contribution in [0, 0.1) is 0 Å². The van der Waals surface area contributed by atoms with Crippen molar-refractivity contribution in [2.45, 2.75) is 24.4 Å². The highest BCUT2D eigenvalue weighted by atomic mass is 32.1. The van der Waals surface area contributed by atoms with Gasteiger partial charge in [-0.1, -0.05) is 0 Å². The van der Waals surface area contributed by atoms with Crippen molar-refractivity contribution >= 4 is 39.0 Å². The summed E-state index contributed by atoms with van der Waals surface area (Å²) in [5.41, 5.74) is 11.3. The molecular weight excluding hydrogens is 388 g/mol. The van der Waals surface area contributed by atoms with E-state index in [0.29, 0.717) is 30.8 Å². The Labute approximate surface area is 171 Å². The Morgan fingerprint density at radius 2 is 2.24 bits per heavy atom. The van der Waals surface area contributed by atoms with Gasteiger partial charge in [-0.25, -0.2) is 4.98 Å². The standard InChI is InChI=1S/C20H20N6O2S/c27-20-15(23-11-1-3-14-17(7-11)29-10-21-14)5-6-26(20)18-4-2-12-13-8-22-25-16(13)9-28-19(12)24-18/h1-4,7,10,13,15-16,22-23,25H,5-6,8-9H2. The summed E-state index contributed by atoms with van der Waals surface area (Å²) < 4.78 is 6.97. The molecule has 5 heterocycles. The highest BCUT2D eigenvalue weighted by molar-refractivity contribution is 7.16.